The van der Waals surface area contributed by atoms with Gasteiger partial charge >= 0.3 is 5.97 Å². The van der Waals surface area contributed by atoms with Crippen LogP contribution in [0.5, 0.6) is 0 Å². The molecule has 0 bridgehead atoms. The summed E-state index contributed by atoms with van der Waals surface area (Å²) in [5, 5.41) is 13.0. The Bertz CT molecular complexity index is 753. The summed E-state index contributed by atoms with van der Waals surface area (Å²) >= 11 is 0. The molecule has 7 nitrogen and oxygen atoms in total. The summed E-state index contributed by atoms with van der Waals surface area (Å²) in [6.07, 6.45) is 1.14. The summed E-state index contributed by atoms with van der Waals surface area (Å²) in [5.41, 5.74) is -0.154. The first-order valence-electron chi connectivity index (χ1n) is 6.22. The van der Waals surface area contributed by atoms with Gasteiger partial charge in [0, 0.05) is 13.6 Å². The maximum atomic E-state index is 12.7. The van der Waals surface area contributed by atoms with Gasteiger partial charge in [0.25, 0.3) is 10.0 Å². The molecular weight excluding hydrogens is 294 g/mol. The Hall–Kier alpha value is -2.35. The highest BCUT2D eigenvalue weighted by Crippen LogP contribution is 2.26. The average molecular weight is 309 g/mol. The minimum absolute atomic E-state index is 0.0360. The lowest BCUT2D eigenvalue weighted by Gasteiger charge is -2.23. The van der Waals surface area contributed by atoms with Gasteiger partial charge in [-0.1, -0.05) is 18.2 Å². The number of benzene rings is 1. The second-order valence-electron chi connectivity index (χ2n) is 4.29. The van der Waals surface area contributed by atoms with Crippen molar-refractivity contribution >= 4 is 21.8 Å². The maximum Gasteiger partial charge on any atom is 0.341 e. The molecule has 0 aliphatic heterocycles. The SMILES string of the molecule is CCN(c1c(C(=O)O)cnn1C)S(=O)(=O)c1ccccc1. The van der Waals surface area contributed by atoms with Gasteiger partial charge in [0.15, 0.2) is 5.82 Å². The second kappa shape index (κ2) is 5.57. The fourth-order valence-electron chi connectivity index (χ4n) is 2.03. The van der Waals surface area contributed by atoms with Gasteiger partial charge in [0.2, 0.25) is 0 Å². The molecule has 0 atom stereocenters. The van der Waals surface area contributed by atoms with Crippen LogP contribution in [-0.2, 0) is 17.1 Å². The Morgan fingerprint density at radius 1 is 1.33 bits per heavy atom. The van der Waals surface area contributed by atoms with Gasteiger partial charge in [-0.15, -0.1) is 0 Å². The van der Waals surface area contributed by atoms with Gasteiger partial charge < -0.3 is 5.11 Å². The summed E-state index contributed by atoms with van der Waals surface area (Å²) in [6, 6.07) is 7.87. The lowest BCUT2D eigenvalue weighted by atomic mass is 10.3. The maximum absolute atomic E-state index is 12.7. The third-order valence-electron chi connectivity index (χ3n) is 2.99. The van der Waals surface area contributed by atoms with Crippen LogP contribution in [0.3, 0.4) is 0 Å². The Labute approximate surface area is 122 Å². The summed E-state index contributed by atoms with van der Waals surface area (Å²) < 4.78 is 27.6. The number of anilines is 1. The quantitative estimate of drug-likeness (QED) is 0.899. The third kappa shape index (κ3) is 2.62. The molecular formula is C13H15N3O4S. The molecule has 0 saturated heterocycles. The van der Waals surface area contributed by atoms with Gasteiger partial charge in [-0.3, -0.25) is 4.68 Å². The van der Waals surface area contributed by atoms with Crippen molar-refractivity contribution in [3.05, 3.63) is 42.1 Å². The van der Waals surface area contributed by atoms with E-state index >= 15 is 0 Å². The van der Waals surface area contributed by atoms with E-state index in [4.69, 9.17) is 0 Å². The Balaban J connectivity index is 2.61. The molecule has 8 heteroatoms. The number of nitrogens with zero attached hydrogens (tertiary/aromatic N) is 3. The number of aromatic nitrogens is 2. The van der Waals surface area contributed by atoms with Crippen molar-refractivity contribution in [2.45, 2.75) is 11.8 Å². The predicted molar refractivity (Wildman–Crippen MR) is 76.8 cm³/mol. The van der Waals surface area contributed by atoms with Crippen molar-refractivity contribution in [1.82, 2.24) is 9.78 Å². The van der Waals surface area contributed by atoms with E-state index in [1.54, 1.807) is 25.1 Å². The molecule has 2 rings (SSSR count). The minimum Gasteiger partial charge on any atom is -0.477 e. The molecule has 0 unspecified atom stereocenters. The number of sulfonamides is 1. The summed E-state index contributed by atoms with van der Waals surface area (Å²) in [4.78, 5) is 11.3. The zero-order valence-corrected chi connectivity index (χ0v) is 12.4. The van der Waals surface area contributed by atoms with Crippen molar-refractivity contribution in [1.29, 1.82) is 0 Å². The first-order chi connectivity index (χ1) is 9.89. The average Bonchev–Trinajstić information content (AvgIpc) is 2.83. The fourth-order valence-corrected chi connectivity index (χ4v) is 3.57. The van der Waals surface area contributed by atoms with Gasteiger partial charge in [-0.25, -0.2) is 17.5 Å². The molecule has 0 fully saturated rings. The molecule has 1 aromatic heterocycles. The number of carbonyl (C=O) groups is 1. The third-order valence-corrected chi connectivity index (χ3v) is 4.87. The summed E-state index contributed by atoms with van der Waals surface area (Å²) in [5.74, 6) is -1.19. The van der Waals surface area contributed by atoms with Crippen LogP contribution in [0.4, 0.5) is 5.82 Å². The van der Waals surface area contributed by atoms with E-state index in [2.05, 4.69) is 5.10 Å². The molecule has 21 heavy (non-hydrogen) atoms. The monoisotopic (exact) mass is 309 g/mol. The van der Waals surface area contributed by atoms with Crippen molar-refractivity contribution < 1.29 is 18.3 Å². The van der Waals surface area contributed by atoms with E-state index < -0.39 is 16.0 Å². The van der Waals surface area contributed by atoms with Gasteiger partial charge in [0.1, 0.15) is 5.56 Å². The number of hydrogen-bond acceptors (Lipinski definition) is 4. The van der Waals surface area contributed by atoms with Crippen LogP contribution in [0.25, 0.3) is 0 Å². The van der Waals surface area contributed by atoms with Crippen LogP contribution in [0.2, 0.25) is 0 Å². The second-order valence-corrected chi connectivity index (χ2v) is 6.16. The fraction of sp³-hybridized carbons (Fsp3) is 0.231. The molecule has 0 spiro atoms. The largest absolute Gasteiger partial charge is 0.477 e. The van der Waals surface area contributed by atoms with E-state index in [1.807, 2.05) is 0 Å². The van der Waals surface area contributed by atoms with E-state index in [-0.39, 0.29) is 22.8 Å². The van der Waals surface area contributed by atoms with Crippen LogP contribution in [-0.4, -0.2) is 35.8 Å². The molecule has 1 heterocycles. The number of rotatable bonds is 5. The lowest BCUT2D eigenvalue weighted by Crippen LogP contribution is -2.33. The smallest absolute Gasteiger partial charge is 0.341 e. The van der Waals surface area contributed by atoms with Gasteiger partial charge in [-0.05, 0) is 19.1 Å². The molecule has 1 N–H and O–H groups in total. The number of hydrogen-bond donors (Lipinski definition) is 1. The highest BCUT2D eigenvalue weighted by molar-refractivity contribution is 7.92. The normalized spacial score (nSPS) is 11.3. The molecule has 1 aromatic carbocycles. The predicted octanol–water partition coefficient (Wildman–Crippen LogP) is 1.33. The van der Waals surface area contributed by atoms with Crippen LogP contribution in [0.1, 0.15) is 17.3 Å². The number of carboxylic acid groups (broad SMARTS) is 1. The first kappa shape index (κ1) is 15.0. The molecule has 112 valence electrons. The van der Waals surface area contributed by atoms with E-state index in [0.29, 0.717) is 0 Å². The Morgan fingerprint density at radius 3 is 2.48 bits per heavy atom. The van der Waals surface area contributed by atoms with Crippen LogP contribution in [0, 0.1) is 0 Å². The molecule has 0 radical (unpaired) electrons. The van der Waals surface area contributed by atoms with Crippen LogP contribution < -0.4 is 4.31 Å². The first-order valence-corrected chi connectivity index (χ1v) is 7.66. The number of aryl methyl sites for hydroxylation is 1. The summed E-state index contributed by atoms with van der Waals surface area (Å²) in [7, 11) is -2.34. The van der Waals surface area contributed by atoms with Crippen molar-refractivity contribution in [2.24, 2.45) is 7.05 Å². The van der Waals surface area contributed by atoms with Crippen molar-refractivity contribution in [3.63, 3.8) is 0 Å². The standard InChI is InChI=1S/C13H15N3O4S/c1-3-16(12-11(13(17)18)9-14-15(12)2)21(19,20)10-7-5-4-6-8-10/h4-9H,3H2,1-2H3,(H,17,18). The van der Waals surface area contributed by atoms with Crippen LogP contribution in [0.15, 0.2) is 41.4 Å². The van der Waals surface area contributed by atoms with E-state index in [0.717, 1.165) is 10.5 Å². The van der Waals surface area contributed by atoms with Crippen molar-refractivity contribution in [3.8, 4) is 0 Å². The highest BCUT2D eigenvalue weighted by atomic mass is 32.2. The molecule has 0 aliphatic rings. The van der Waals surface area contributed by atoms with Crippen molar-refractivity contribution in [2.75, 3.05) is 10.8 Å². The number of carboxylic acids is 1. The molecule has 0 amide bonds. The molecule has 2 aromatic rings. The topological polar surface area (TPSA) is 92.5 Å². The minimum atomic E-state index is -3.84. The van der Waals surface area contributed by atoms with E-state index in [9.17, 15) is 18.3 Å². The van der Waals surface area contributed by atoms with Gasteiger partial charge in [0.05, 0.1) is 11.1 Å². The molecule has 0 aliphatic carbocycles. The summed E-state index contributed by atoms with van der Waals surface area (Å²) in [6.45, 7) is 1.73. The number of aromatic carboxylic acids is 1. The van der Waals surface area contributed by atoms with Gasteiger partial charge in [-0.2, -0.15) is 5.10 Å². The Morgan fingerprint density at radius 2 is 1.95 bits per heavy atom. The van der Waals surface area contributed by atoms with E-state index in [1.165, 1.54) is 23.9 Å². The lowest BCUT2D eigenvalue weighted by molar-refractivity contribution is 0.0697. The van der Waals surface area contributed by atoms with Crippen LogP contribution >= 0.6 is 0 Å². The highest BCUT2D eigenvalue weighted by Gasteiger charge is 2.30. The Kier molecular flexibility index (Phi) is 3.99. The zero-order chi connectivity index (χ0) is 15.6. The molecule has 0 saturated carbocycles. The zero-order valence-electron chi connectivity index (χ0n) is 11.6.